The molecule has 0 unspecified atom stereocenters. The highest BCUT2D eigenvalue weighted by atomic mass is 79.9. The maximum Gasteiger partial charge on any atom is 0.245 e. The monoisotopic (exact) mass is 377 g/mol. The first kappa shape index (κ1) is 15.9. The Hall–Kier alpha value is -1.95. The maximum atomic E-state index is 14.3. The minimum Gasteiger partial charge on any atom is -0.360 e. The van der Waals surface area contributed by atoms with Crippen LogP contribution in [0.5, 0.6) is 0 Å². The molecule has 1 aliphatic rings. The van der Waals surface area contributed by atoms with Crippen LogP contribution in [-0.4, -0.2) is 24.0 Å². The number of amides is 1. The number of nitrogens with one attached hydrogen (secondary N) is 1. The van der Waals surface area contributed by atoms with E-state index in [4.69, 9.17) is 0 Å². The summed E-state index contributed by atoms with van der Waals surface area (Å²) < 4.78 is 15.2. The lowest BCUT2D eigenvalue weighted by Crippen LogP contribution is -2.37. The smallest absolute Gasteiger partial charge is 0.245 e. The summed E-state index contributed by atoms with van der Waals surface area (Å²) in [5.41, 5.74) is 2.44. The van der Waals surface area contributed by atoms with Gasteiger partial charge in [-0.3, -0.25) is 4.79 Å². The molecule has 4 nitrogen and oxygen atoms in total. The average molecular weight is 378 g/mol. The Balaban J connectivity index is 1.74. The normalized spacial score (nSPS) is 13.6. The molecule has 0 aliphatic carbocycles. The molecule has 0 fully saturated rings. The van der Waals surface area contributed by atoms with E-state index in [2.05, 4.69) is 26.2 Å². The van der Waals surface area contributed by atoms with Crippen LogP contribution in [0.4, 0.5) is 15.9 Å². The second-order valence-electron chi connectivity index (χ2n) is 5.69. The van der Waals surface area contributed by atoms with Gasteiger partial charge >= 0.3 is 0 Å². The van der Waals surface area contributed by atoms with Gasteiger partial charge in [-0.05, 0) is 65.0 Å². The first-order chi connectivity index (χ1) is 11.0. The van der Waals surface area contributed by atoms with Crippen LogP contribution in [0.15, 0.2) is 34.9 Å². The third kappa shape index (κ3) is 3.69. The third-order valence-corrected chi connectivity index (χ3v) is 4.28. The Bertz CT molecular complexity index is 733. The molecule has 0 spiro atoms. The molecule has 0 atom stereocenters. The molecule has 0 saturated carbocycles. The molecule has 0 radical (unpaired) electrons. The van der Waals surface area contributed by atoms with Gasteiger partial charge in [-0.25, -0.2) is 9.37 Å². The van der Waals surface area contributed by atoms with Crippen LogP contribution in [0.1, 0.15) is 17.5 Å². The number of carbonyl (C=O) groups excluding carboxylic acids is 1. The number of carbonyl (C=O) groups is 1. The number of nitrogens with zero attached hydrogens (tertiary/aromatic N) is 2. The predicted octanol–water partition coefficient (Wildman–Crippen LogP) is 3.68. The zero-order chi connectivity index (χ0) is 16.4. The summed E-state index contributed by atoms with van der Waals surface area (Å²) in [6.07, 6.45) is 3.38. The molecular formula is C17H17BrFN3O. The van der Waals surface area contributed by atoms with Crippen molar-refractivity contribution in [2.24, 2.45) is 0 Å². The van der Waals surface area contributed by atoms with E-state index < -0.39 is 0 Å². The molecule has 1 aromatic carbocycles. The minimum absolute atomic E-state index is 0.116. The van der Waals surface area contributed by atoms with Gasteiger partial charge in [-0.2, -0.15) is 0 Å². The highest BCUT2D eigenvalue weighted by Crippen LogP contribution is 2.31. The highest BCUT2D eigenvalue weighted by molar-refractivity contribution is 9.10. The molecule has 0 saturated heterocycles. The first-order valence-electron chi connectivity index (χ1n) is 7.48. The van der Waals surface area contributed by atoms with Crippen LogP contribution >= 0.6 is 15.9 Å². The highest BCUT2D eigenvalue weighted by Gasteiger charge is 2.23. The standard InChI is InChI=1S/C17H17BrFN3O/c1-11-7-12-3-2-6-22(17(12)14(19)8-11)10-16(23)21-15-5-4-13(18)9-20-15/h4-5,7-9H,2-3,6,10H2,1H3,(H,20,21,23). The summed E-state index contributed by atoms with van der Waals surface area (Å²) >= 11 is 3.30. The van der Waals surface area contributed by atoms with Crippen molar-refractivity contribution in [2.75, 3.05) is 23.3 Å². The largest absolute Gasteiger partial charge is 0.360 e. The van der Waals surface area contributed by atoms with E-state index in [1.165, 1.54) is 6.07 Å². The molecule has 23 heavy (non-hydrogen) atoms. The number of anilines is 2. The number of halogens is 2. The molecular weight excluding hydrogens is 361 g/mol. The molecule has 6 heteroatoms. The Morgan fingerprint density at radius 2 is 2.26 bits per heavy atom. The Labute approximate surface area is 142 Å². The van der Waals surface area contributed by atoms with Crippen LogP contribution in [-0.2, 0) is 11.2 Å². The number of hydrogen-bond donors (Lipinski definition) is 1. The van der Waals surface area contributed by atoms with Gasteiger partial charge in [0.05, 0.1) is 12.2 Å². The fourth-order valence-electron chi connectivity index (χ4n) is 2.89. The molecule has 0 bridgehead atoms. The van der Waals surface area contributed by atoms with E-state index in [0.717, 1.165) is 28.4 Å². The van der Waals surface area contributed by atoms with Crippen LogP contribution in [0, 0.1) is 12.7 Å². The van der Waals surface area contributed by atoms with E-state index in [0.29, 0.717) is 18.1 Å². The third-order valence-electron chi connectivity index (χ3n) is 3.81. The van der Waals surface area contributed by atoms with Gasteiger partial charge in [0.2, 0.25) is 5.91 Å². The summed E-state index contributed by atoms with van der Waals surface area (Å²) in [7, 11) is 0. The van der Waals surface area contributed by atoms with Gasteiger partial charge in [0, 0.05) is 17.2 Å². The van der Waals surface area contributed by atoms with E-state index in [1.54, 1.807) is 18.3 Å². The van der Waals surface area contributed by atoms with Gasteiger partial charge in [0.25, 0.3) is 0 Å². The van der Waals surface area contributed by atoms with E-state index in [1.807, 2.05) is 17.9 Å². The molecule has 1 amide bonds. The van der Waals surface area contributed by atoms with Crippen molar-refractivity contribution in [3.8, 4) is 0 Å². The van der Waals surface area contributed by atoms with Crippen LogP contribution < -0.4 is 10.2 Å². The van der Waals surface area contributed by atoms with Crippen LogP contribution in [0.3, 0.4) is 0 Å². The van der Waals surface area contributed by atoms with Crippen molar-refractivity contribution < 1.29 is 9.18 Å². The molecule has 1 aliphatic heterocycles. The van der Waals surface area contributed by atoms with Crippen molar-refractivity contribution in [3.05, 3.63) is 51.9 Å². The van der Waals surface area contributed by atoms with E-state index in [-0.39, 0.29) is 18.3 Å². The molecule has 2 heterocycles. The zero-order valence-electron chi connectivity index (χ0n) is 12.8. The average Bonchev–Trinajstić information content (AvgIpc) is 2.49. The van der Waals surface area contributed by atoms with Crippen molar-refractivity contribution >= 4 is 33.3 Å². The number of benzene rings is 1. The van der Waals surface area contributed by atoms with Gasteiger partial charge in [0.15, 0.2) is 0 Å². The van der Waals surface area contributed by atoms with Crippen molar-refractivity contribution in [1.82, 2.24) is 4.98 Å². The van der Waals surface area contributed by atoms with Gasteiger partial charge in [-0.15, -0.1) is 0 Å². The molecule has 1 aromatic heterocycles. The zero-order valence-corrected chi connectivity index (χ0v) is 14.4. The summed E-state index contributed by atoms with van der Waals surface area (Å²) in [4.78, 5) is 18.1. The molecule has 120 valence electrons. The topological polar surface area (TPSA) is 45.2 Å². The lowest BCUT2D eigenvalue weighted by Gasteiger charge is -2.31. The maximum absolute atomic E-state index is 14.3. The Kier molecular flexibility index (Phi) is 4.61. The first-order valence-corrected chi connectivity index (χ1v) is 8.27. The number of hydrogen-bond acceptors (Lipinski definition) is 3. The molecule has 2 aromatic rings. The van der Waals surface area contributed by atoms with Gasteiger partial charge < -0.3 is 10.2 Å². The quantitative estimate of drug-likeness (QED) is 0.886. The van der Waals surface area contributed by atoms with Crippen molar-refractivity contribution in [1.29, 1.82) is 0 Å². The SMILES string of the molecule is Cc1cc(F)c2c(c1)CCCN2CC(=O)Nc1ccc(Br)cn1. The fraction of sp³-hybridized carbons (Fsp3) is 0.294. The van der Waals surface area contributed by atoms with E-state index in [9.17, 15) is 9.18 Å². The Morgan fingerprint density at radius 3 is 3.00 bits per heavy atom. The summed E-state index contributed by atoms with van der Waals surface area (Å²) in [6, 6.07) is 7.04. The molecule has 1 N–H and O–H groups in total. The number of aromatic nitrogens is 1. The lowest BCUT2D eigenvalue weighted by atomic mass is 9.99. The number of rotatable bonds is 3. The second-order valence-corrected chi connectivity index (χ2v) is 6.61. The fourth-order valence-corrected chi connectivity index (χ4v) is 3.12. The lowest BCUT2D eigenvalue weighted by molar-refractivity contribution is -0.115. The second kappa shape index (κ2) is 6.66. The summed E-state index contributed by atoms with van der Waals surface area (Å²) in [5.74, 6) is 0.0294. The van der Waals surface area contributed by atoms with Crippen molar-refractivity contribution in [2.45, 2.75) is 19.8 Å². The minimum atomic E-state index is -0.255. The van der Waals surface area contributed by atoms with Crippen LogP contribution in [0.2, 0.25) is 0 Å². The number of fused-ring (bicyclic) bond motifs is 1. The van der Waals surface area contributed by atoms with Crippen molar-refractivity contribution in [3.63, 3.8) is 0 Å². The van der Waals surface area contributed by atoms with Gasteiger partial charge in [-0.1, -0.05) is 6.07 Å². The summed E-state index contributed by atoms with van der Waals surface area (Å²) in [6.45, 7) is 2.67. The number of pyridine rings is 1. The molecule has 3 rings (SSSR count). The number of aryl methyl sites for hydroxylation is 2. The summed E-state index contributed by atoms with van der Waals surface area (Å²) in [5, 5.41) is 2.74. The predicted molar refractivity (Wildman–Crippen MR) is 92.2 cm³/mol. The van der Waals surface area contributed by atoms with Crippen LogP contribution in [0.25, 0.3) is 0 Å². The van der Waals surface area contributed by atoms with Gasteiger partial charge in [0.1, 0.15) is 11.6 Å². The van der Waals surface area contributed by atoms with E-state index >= 15 is 0 Å². The Morgan fingerprint density at radius 1 is 1.43 bits per heavy atom.